The average molecular weight is 292 g/mol. The number of hydrogen-bond donors (Lipinski definition) is 1. The third kappa shape index (κ3) is 2.31. The van der Waals surface area contributed by atoms with Gasteiger partial charge in [-0.15, -0.1) is 0 Å². The Morgan fingerprint density at radius 2 is 2.25 bits per heavy atom. The molecular formula is C15H15ClFN3. The van der Waals surface area contributed by atoms with Crippen molar-refractivity contribution in [1.29, 1.82) is 0 Å². The van der Waals surface area contributed by atoms with Crippen molar-refractivity contribution in [2.24, 2.45) is 0 Å². The maximum absolute atomic E-state index is 13.4. The molecule has 2 N–H and O–H groups in total. The van der Waals surface area contributed by atoms with E-state index in [-0.39, 0.29) is 11.1 Å². The van der Waals surface area contributed by atoms with E-state index >= 15 is 0 Å². The van der Waals surface area contributed by atoms with Crippen molar-refractivity contribution in [1.82, 2.24) is 4.98 Å². The second kappa shape index (κ2) is 5.29. The molecule has 1 aliphatic rings. The van der Waals surface area contributed by atoms with E-state index in [9.17, 15) is 4.39 Å². The summed E-state index contributed by atoms with van der Waals surface area (Å²) in [6.45, 7) is 0.881. The molecular weight excluding hydrogens is 277 g/mol. The number of pyridine rings is 1. The predicted molar refractivity (Wildman–Crippen MR) is 79.4 cm³/mol. The van der Waals surface area contributed by atoms with Gasteiger partial charge in [0.1, 0.15) is 5.82 Å². The Morgan fingerprint density at radius 1 is 1.40 bits per heavy atom. The molecule has 1 unspecified atom stereocenters. The van der Waals surface area contributed by atoms with Gasteiger partial charge in [-0.2, -0.15) is 0 Å². The van der Waals surface area contributed by atoms with Crippen molar-refractivity contribution in [2.45, 2.75) is 18.9 Å². The van der Waals surface area contributed by atoms with Gasteiger partial charge in [-0.05, 0) is 30.5 Å². The molecule has 0 aliphatic carbocycles. The second-order valence-electron chi connectivity index (χ2n) is 4.96. The first kappa shape index (κ1) is 13.2. The van der Waals surface area contributed by atoms with Crippen LogP contribution in [-0.2, 0) is 0 Å². The van der Waals surface area contributed by atoms with Crippen LogP contribution >= 0.6 is 11.6 Å². The SMILES string of the molecule is Nc1cc(F)c(Cl)cc1N1CCCC1c1cccnc1. The standard InChI is InChI=1S/C15H15ClFN3/c16-11-7-15(13(18)8-12(11)17)20-6-2-4-14(20)10-3-1-5-19-9-10/h1,3,5,7-9,14H,2,4,6,18H2. The second-order valence-corrected chi connectivity index (χ2v) is 5.37. The molecule has 0 saturated carbocycles. The topological polar surface area (TPSA) is 42.1 Å². The Bertz CT molecular complexity index is 618. The highest BCUT2D eigenvalue weighted by Crippen LogP contribution is 2.40. The average Bonchev–Trinajstić information content (AvgIpc) is 2.93. The Kier molecular flexibility index (Phi) is 3.49. The highest BCUT2D eigenvalue weighted by Gasteiger charge is 2.28. The lowest BCUT2D eigenvalue weighted by Crippen LogP contribution is -2.23. The van der Waals surface area contributed by atoms with Crippen molar-refractivity contribution < 1.29 is 4.39 Å². The van der Waals surface area contributed by atoms with E-state index in [0.717, 1.165) is 30.6 Å². The molecule has 1 aromatic heterocycles. The van der Waals surface area contributed by atoms with Crippen LogP contribution in [0.2, 0.25) is 5.02 Å². The predicted octanol–water partition coefficient (Wildman–Crippen LogP) is 3.80. The number of nitrogens with two attached hydrogens (primary N) is 1. The summed E-state index contributed by atoms with van der Waals surface area (Å²) in [6.07, 6.45) is 5.71. The number of anilines is 2. The van der Waals surface area contributed by atoms with Gasteiger partial charge in [-0.3, -0.25) is 4.98 Å². The first-order valence-corrected chi connectivity index (χ1v) is 6.95. The number of hydrogen-bond acceptors (Lipinski definition) is 3. The van der Waals surface area contributed by atoms with Gasteiger partial charge in [0.15, 0.2) is 0 Å². The zero-order valence-corrected chi connectivity index (χ0v) is 11.6. The molecule has 3 rings (SSSR count). The number of rotatable bonds is 2. The largest absolute Gasteiger partial charge is 0.397 e. The summed E-state index contributed by atoms with van der Waals surface area (Å²) in [6, 6.07) is 7.09. The Hall–Kier alpha value is -1.81. The minimum absolute atomic E-state index is 0.103. The summed E-state index contributed by atoms with van der Waals surface area (Å²) < 4.78 is 13.4. The van der Waals surface area contributed by atoms with Gasteiger partial charge in [0.05, 0.1) is 22.4 Å². The van der Waals surface area contributed by atoms with Crippen LogP contribution < -0.4 is 10.6 Å². The van der Waals surface area contributed by atoms with E-state index in [0.29, 0.717) is 5.69 Å². The molecule has 3 nitrogen and oxygen atoms in total. The third-order valence-corrected chi connectivity index (χ3v) is 3.99. The van der Waals surface area contributed by atoms with Crippen LogP contribution in [-0.4, -0.2) is 11.5 Å². The fourth-order valence-corrected chi connectivity index (χ4v) is 2.93. The van der Waals surface area contributed by atoms with Crippen LogP contribution in [0.4, 0.5) is 15.8 Å². The fraction of sp³-hybridized carbons (Fsp3) is 0.267. The van der Waals surface area contributed by atoms with Crippen molar-refractivity contribution in [3.05, 3.63) is 53.1 Å². The smallest absolute Gasteiger partial charge is 0.143 e. The Balaban J connectivity index is 1.99. The van der Waals surface area contributed by atoms with Gasteiger partial charge in [-0.25, -0.2) is 4.39 Å². The molecule has 5 heteroatoms. The van der Waals surface area contributed by atoms with E-state index in [2.05, 4.69) is 16.0 Å². The summed E-state index contributed by atoms with van der Waals surface area (Å²) >= 11 is 5.89. The van der Waals surface area contributed by atoms with Crippen molar-refractivity contribution in [3.63, 3.8) is 0 Å². The molecule has 1 aromatic carbocycles. The summed E-state index contributed by atoms with van der Waals surface area (Å²) in [5, 5.41) is 0.103. The van der Waals surface area contributed by atoms with Crippen LogP contribution in [0.1, 0.15) is 24.4 Å². The quantitative estimate of drug-likeness (QED) is 0.856. The van der Waals surface area contributed by atoms with Crippen LogP contribution in [0.5, 0.6) is 0 Å². The summed E-state index contributed by atoms with van der Waals surface area (Å²) in [4.78, 5) is 6.35. The zero-order valence-electron chi connectivity index (χ0n) is 10.9. The lowest BCUT2D eigenvalue weighted by Gasteiger charge is -2.28. The molecule has 0 bridgehead atoms. The first-order chi connectivity index (χ1) is 9.66. The van der Waals surface area contributed by atoms with Crippen LogP contribution in [0.3, 0.4) is 0 Å². The van der Waals surface area contributed by atoms with Crippen LogP contribution in [0.25, 0.3) is 0 Å². The summed E-state index contributed by atoms with van der Waals surface area (Å²) in [5.41, 5.74) is 8.31. The number of nitrogen functional groups attached to an aromatic ring is 1. The first-order valence-electron chi connectivity index (χ1n) is 6.58. The number of aromatic nitrogens is 1. The molecule has 1 atom stereocenters. The molecule has 0 amide bonds. The van der Waals surface area contributed by atoms with E-state index in [1.807, 2.05) is 12.3 Å². The molecule has 1 saturated heterocycles. The minimum Gasteiger partial charge on any atom is -0.397 e. The normalized spacial score (nSPS) is 18.5. The van der Waals surface area contributed by atoms with Crippen LogP contribution in [0.15, 0.2) is 36.7 Å². The zero-order chi connectivity index (χ0) is 14.1. The highest BCUT2D eigenvalue weighted by molar-refractivity contribution is 6.31. The number of nitrogens with zero attached hydrogens (tertiary/aromatic N) is 2. The number of halogens is 2. The van der Waals surface area contributed by atoms with Gasteiger partial charge >= 0.3 is 0 Å². The maximum Gasteiger partial charge on any atom is 0.143 e. The van der Waals surface area contributed by atoms with E-state index in [1.54, 1.807) is 12.3 Å². The molecule has 2 aromatic rings. The molecule has 0 spiro atoms. The van der Waals surface area contributed by atoms with Crippen molar-refractivity contribution in [2.75, 3.05) is 17.2 Å². The molecule has 1 fully saturated rings. The van der Waals surface area contributed by atoms with Gasteiger partial charge < -0.3 is 10.6 Å². The van der Waals surface area contributed by atoms with Crippen LogP contribution in [0, 0.1) is 5.82 Å². The Labute approximate surface area is 122 Å². The molecule has 1 aliphatic heterocycles. The lowest BCUT2D eigenvalue weighted by atomic mass is 10.1. The molecule has 20 heavy (non-hydrogen) atoms. The van der Waals surface area contributed by atoms with Crippen molar-refractivity contribution >= 4 is 23.0 Å². The molecule has 2 heterocycles. The van der Waals surface area contributed by atoms with Gasteiger partial charge in [0.2, 0.25) is 0 Å². The summed E-state index contributed by atoms with van der Waals surface area (Å²) in [7, 11) is 0. The molecule has 104 valence electrons. The van der Waals surface area contributed by atoms with Gasteiger partial charge in [0.25, 0.3) is 0 Å². The van der Waals surface area contributed by atoms with Gasteiger partial charge in [-0.1, -0.05) is 17.7 Å². The van der Waals surface area contributed by atoms with Gasteiger partial charge in [0, 0.05) is 25.0 Å². The fourth-order valence-electron chi connectivity index (χ4n) is 2.78. The Morgan fingerprint density at radius 3 is 3.00 bits per heavy atom. The highest BCUT2D eigenvalue weighted by atomic mass is 35.5. The number of benzene rings is 1. The van der Waals surface area contributed by atoms with E-state index < -0.39 is 5.82 Å². The van der Waals surface area contributed by atoms with Crippen molar-refractivity contribution in [3.8, 4) is 0 Å². The molecule has 0 radical (unpaired) electrons. The lowest BCUT2D eigenvalue weighted by molar-refractivity contribution is 0.628. The van der Waals surface area contributed by atoms with E-state index in [4.69, 9.17) is 17.3 Å². The maximum atomic E-state index is 13.4. The third-order valence-electron chi connectivity index (χ3n) is 3.70. The summed E-state index contributed by atoms with van der Waals surface area (Å²) in [5.74, 6) is -0.481. The minimum atomic E-state index is -0.481. The van der Waals surface area contributed by atoms with E-state index in [1.165, 1.54) is 6.07 Å². The monoisotopic (exact) mass is 291 g/mol.